The summed E-state index contributed by atoms with van der Waals surface area (Å²) in [6, 6.07) is 10.7. The fourth-order valence-corrected chi connectivity index (χ4v) is 2.68. The zero-order chi connectivity index (χ0) is 10.4. The van der Waals surface area contributed by atoms with E-state index in [1.54, 1.807) is 5.20 Å². The third kappa shape index (κ3) is 3.15. The predicted octanol–water partition coefficient (Wildman–Crippen LogP) is 2.97. The van der Waals surface area contributed by atoms with E-state index >= 15 is 0 Å². The van der Waals surface area contributed by atoms with Crippen molar-refractivity contribution < 1.29 is 0 Å². The van der Waals surface area contributed by atoms with Gasteiger partial charge < -0.3 is 0 Å². The molecule has 0 aliphatic carbocycles. The standard InChI is InChI=1S/C13H18Si/c1-4-11(3)13(5-2)14-12-9-7-6-8-10-12/h5-11H,4H2,1-3H3/b13-5+. The number of rotatable bonds is 4. The highest BCUT2D eigenvalue weighted by Crippen LogP contribution is 2.12. The van der Waals surface area contributed by atoms with E-state index < -0.39 is 0 Å². The highest BCUT2D eigenvalue weighted by atomic mass is 28.2. The molecule has 0 saturated carbocycles. The van der Waals surface area contributed by atoms with Gasteiger partial charge >= 0.3 is 0 Å². The van der Waals surface area contributed by atoms with Crippen molar-refractivity contribution in [3.8, 4) is 0 Å². The lowest BCUT2D eigenvalue weighted by Crippen LogP contribution is -2.19. The van der Waals surface area contributed by atoms with Crippen molar-refractivity contribution >= 4 is 14.7 Å². The summed E-state index contributed by atoms with van der Waals surface area (Å²) in [7, 11) is 0.844. The molecule has 0 amide bonds. The number of hydrogen-bond donors (Lipinski definition) is 0. The second kappa shape index (κ2) is 5.81. The molecule has 74 valence electrons. The minimum Gasteiger partial charge on any atom is -0.0921 e. The van der Waals surface area contributed by atoms with Crippen LogP contribution in [0.2, 0.25) is 0 Å². The molecule has 1 aromatic rings. The average Bonchev–Trinajstić information content (AvgIpc) is 2.26. The molecule has 1 atom stereocenters. The van der Waals surface area contributed by atoms with Crippen LogP contribution in [0, 0.1) is 5.92 Å². The van der Waals surface area contributed by atoms with E-state index in [0.717, 1.165) is 15.4 Å². The van der Waals surface area contributed by atoms with E-state index in [0.29, 0.717) is 0 Å². The molecule has 0 spiro atoms. The molecule has 1 heteroatoms. The first-order valence-corrected chi connectivity index (χ1v) is 6.26. The van der Waals surface area contributed by atoms with Gasteiger partial charge in [0.05, 0.1) is 0 Å². The Labute approximate surface area is 89.9 Å². The van der Waals surface area contributed by atoms with Gasteiger partial charge in [-0.25, -0.2) is 0 Å². The van der Waals surface area contributed by atoms with E-state index in [1.807, 2.05) is 0 Å². The summed E-state index contributed by atoms with van der Waals surface area (Å²) in [5.41, 5.74) is 0. The maximum absolute atomic E-state index is 2.31. The van der Waals surface area contributed by atoms with Crippen molar-refractivity contribution in [3.05, 3.63) is 41.6 Å². The normalized spacial score (nSPS) is 14.1. The number of allylic oxidation sites excluding steroid dienone is 2. The van der Waals surface area contributed by atoms with Crippen LogP contribution in [0.4, 0.5) is 0 Å². The SMILES string of the molecule is C/C=C(/[Si]c1ccccc1)C(C)CC. The summed E-state index contributed by atoms with van der Waals surface area (Å²) >= 11 is 0. The van der Waals surface area contributed by atoms with Crippen LogP contribution in [-0.2, 0) is 0 Å². The van der Waals surface area contributed by atoms with Gasteiger partial charge in [0.15, 0.2) is 0 Å². The Morgan fingerprint density at radius 3 is 2.50 bits per heavy atom. The molecule has 0 saturated heterocycles. The number of benzene rings is 1. The summed E-state index contributed by atoms with van der Waals surface area (Å²) in [4.78, 5) is 0. The van der Waals surface area contributed by atoms with Crippen molar-refractivity contribution in [1.29, 1.82) is 0 Å². The van der Waals surface area contributed by atoms with Crippen molar-refractivity contribution in [3.63, 3.8) is 0 Å². The second-order valence-corrected chi connectivity index (χ2v) is 4.95. The second-order valence-electron chi connectivity index (χ2n) is 3.54. The molecule has 0 N–H and O–H groups in total. The minimum atomic E-state index is 0.721. The molecular weight excluding hydrogens is 184 g/mol. The summed E-state index contributed by atoms with van der Waals surface area (Å²) in [5, 5.41) is 3.03. The van der Waals surface area contributed by atoms with Crippen LogP contribution in [0.5, 0.6) is 0 Å². The lowest BCUT2D eigenvalue weighted by atomic mass is 10.1. The van der Waals surface area contributed by atoms with Crippen LogP contribution in [0.25, 0.3) is 0 Å². The van der Waals surface area contributed by atoms with Crippen LogP contribution in [0.1, 0.15) is 27.2 Å². The molecule has 1 unspecified atom stereocenters. The zero-order valence-electron chi connectivity index (χ0n) is 9.25. The molecule has 0 aliphatic rings. The first-order chi connectivity index (χ1) is 6.77. The molecule has 2 radical (unpaired) electrons. The lowest BCUT2D eigenvalue weighted by Gasteiger charge is -2.12. The van der Waals surface area contributed by atoms with Gasteiger partial charge in [-0.15, -0.1) is 0 Å². The van der Waals surface area contributed by atoms with Crippen LogP contribution >= 0.6 is 0 Å². The summed E-state index contributed by atoms with van der Waals surface area (Å²) < 4.78 is 0. The van der Waals surface area contributed by atoms with Crippen LogP contribution in [-0.4, -0.2) is 9.52 Å². The highest BCUT2D eigenvalue weighted by Gasteiger charge is 2.07. The van der Waals surface area contributed by atoms with E-state index in [4.69, 9.17) is 0 Å². The topological polar surface area (TPSA) is 0 Å². The Bertz CT molecular complexity index is 287. The zero-order valence-corrected chi connectivity index (χ0v) is 10.2. The van der Waals surface area contributed by atoms with Gasteiger partial charge in [-0.2, -0.15) is 0 Å². The Hall–Kier alpha value is -0.823. The summed E-state index contributed by atoms with van der Waals surface area (Å²) in [6.07, 6.45) is 3.51. The van der Waals surface area contributed by atoms with Gasteiger partial charge in [-0.3, -0.25) is 0 Å². The lowest BCUT2D eigenvalue weighted by molar-refractivity contribution is 0.682. The molecule has 0 bridgehead atoms. The third-order valence-corrected chi connectivity index (χ3v) is 4.21. The molecule has 1 aromatic carbocycles. The van der Waals surface area contributed by atoms with E-state index in [-0.39, 0.29) is 0 Å². The Morgan fingerprint density at radius 1 is 1.36 bits per heavy atom. The van der Waals surface area contributed by atoms with Crippen LogP contribution < -0.4 is 5.19 Å². The fraction of sp³-hybridized carbons (Fsp3) is 0.385. The van der Waals surface area contributed by atoms with Gasteiger partial charge in [-0.1, -0.05) is 67.1 Å². The highest BCUT2D eigenvalue weighted by molar-refractivity contribution is 6.61. The largest absolute Gasteiger partial charge is 0.115 e. The maximum Gasteiger partial charge on any atom is 0.115 e. The first-order valence-electron chi connectivity index (χ1n) is 5.26. The van der Waals surface area contributed by atoms with Crippen molar-refractivity contribution in [2.45, 2.75) is 27.2 Å². The van der Waals surface area contributed by atoms with Crippen molar-refractivity contribution in [2.75, 3.05) is 0 Å². The van der Waals surface area contributed by atoms with Crippen molar-refractivity contribution in [1.82, 2.24) is 0 Å². The molecule has 0 aliphatic heterocycles. The van der Waals surface area contributed by atoms with E-state index in [9.17, 15) is 0 Å². The quantitative estimate of drug-likeness (QED) is 0.659. The minimum absolute atomic E-state index is 0.721. The van der Waals surface area contributed by atoms with Gasteiger partial charge in [0.25, 0.3) is 0 Å². The van der Waals surface area contributed by atoms with Gasteiger partial charge in [0.1, 0.15) is 9.52 Å². The number of hydrogen-bond acceptors (Lipinski definition) is 0. The average molecular weight is 202 g/mol. The molecule has 0 aromatic heterocycles. The van der Waals surface area contributed by atoms with E-state index in [1.165, 1.54) is 11.6 Å². The smallest absolute Gasteiger partial charge is 0.0921 e. The van der Waals surface area contributed by atoms with Gasteiger partial charge in [0, 0.05) is 0 Å². The monoisotopic (exact) mass is 202 g/mol. The Kier molecular flexibility index (Phi) is 4.67. The summed E-state index contributed by atoms with van der Waals surface area (Å²) in [5.74, 6) is 0.721. The Balaban J connectivity index is 2.68. The molecule has 14 heavy (non-hydrogen) atoms. The maximum atomic E-state index is 2.31. The molecule has 1 rings (SSSR count). The molecule has 0 fully saturated rings. The molecule has 0 nitrogen and oxygen atoms in total. The third-order valence-electron chi connectivity index (χ3n) is 2.52. The Morgan fingerprint density at radius 2 is 2.00 bits per heavy atom. The van der Waals surface area contributed by atoms with Crippen molar-refractivity contribution in [2.24, 2.45) is 5.92 Å². The predicted molar refractivity (Wildman–Crippen MR) is 65.0 cm³/mol. The first kappa shape index (κ1) is 11.3. The molecule has 0 heterocycles. The van der Waals surface area contributed by atoms with Gasteiger partial charge in [-0.05, 0) is 12.8 Å². The van der Waals surface area contributed by atoms with Gasteiger partial charge in [0.2, 0.25) is 0 Å². The van der Waals surface area contributed by atoms with Crippen LogP contribution in [0.3, 0.4) is 0 Å². The van der Waals surface area contributed by atoms with Crippen LogP contribution in [0.15, 0.2) is 41.6 Å². The fourth-order valence-electron chi connectivity index (χ4n) is 1.39. The van der Waals surface area contributed by atoms with E-state index in [2.05, 4.69) is 57.2 Å². The molecular formula is C13H18Si. The summed E-state index contributed by atoms with van der Waals surface area (Å²) in [6.45, 7) is 6.71.